The molecule has 0 radical (unpaired) electrons. The van der Waals surface area contributed by atoms with Crippen LogP contribution in [0.5, 0.6) is 23.0 Å². The summed E-state index contributed by atoms with van der Waals surface area (Å²) in [4.78, 5) is 0. The number of ether oxygens (including phenoxy) is 2. The number of rotatable bonds is 3. The summed E-state index contributed by atoms with van der Waals surface area (Å²) in [6.45, 7) is 8.25. The van der Waals surface area contributed by atoms with Crippen molar-refractivity contribution in [3.63, 3.8) is 0 Å². The lowest BCUT2D eigenvalue weighted by molar-refractivity contribution is 0.340. The lowest BCUT2D eigenvalue weighted by atomic mass is 9.84. The summed E-state index contributed by atoms with van der Waals surface area (Å²) in [5.41, 5.74) is 3.29. The Morgan fingerprint density at radius 2 is 1.35 bits per heavy atom. The van der Waals surface area contributed by atoms with Crippen LogP contribution in [0.4, 0.5) is 0 Å². The van der Waals surface area contributed by atoms with E-state index in [1.54, 1.807) is 12.1 Å². The molecule has 124 valence electrons. The quantitative estimate of drug-likeness (QED) is 0.882. The second kappa shape index (κ2) is 6.03. The van der Waals surface area contributed by atoms with Crippen molar-refractivity contribution in [3.05, 3.63) is 35.4 Å². The maximum atomic E-state index is 10.5. The van der Waals surface area contributed by atoms with E-state index in [-0.39, 0.29) is 16.9 Å². The van der Waals surface area contributed by atoms with E-state index < -0.39 is 0 Å². The first-order valence-electron chi connectivity index (χ1n) is 7.48. The van der Waals surface area contributed by atoms with Gasteiger partial charge in [-0.2, -0.15) is 0 Å². The largest absolute Gasteiger partial charge is 0.507 e. The van der Waals surface area contributed by atoms with Gasteiger partial charge in [0.25, 0.3) is 0 Å². The van der Waals surface area contributed by atoms with Gasteiger partial charge in [-0.15, -0.1) is 0 Å². The van der Waals surface area contributed by atoms with Gasteiger partial charge in [-0.3, -0.25) is 0 Å². The third-order valence-electron chi connectivity index (χ3n) is 3.96. The lowest BCUT2D eigenvalue weighted by Crippen LogP contribution is -2.11. The Morgan fingerprint density at radius 1 is 0.826 bits per heavy atom. The highest BCUT2D eigenvalue weighted by Gasteiger charge is 2.20. The summed E-state index contributed by atoms with van der Waals surface area (Å²) in [5.74, 6) is 0.768. The highest BCUT2D eigenvalue weighted by Crippen LogP contribution is 2.44. The number of methoxy groups -OCH3 is 2. The smallest absolute Gasteiger partial charge is 0.200 e. The number of aromatic hydroxyl groups is 2. The van der Waals surface area contributed by atoms with Crippen LogP contribution in [0.15, 0.2) is 24.3 Å². The topological polar surface area (TPSA) is 58.9 Å². The second-order valence-electron chi connectivity index (χ2n) is 6.67. The van der Waals surface area contributed by atoms with Crippen molar-refractivity contribution in [3.8, 4) is 34.1 Å². The summed E-state index contributed by atoms with van der Waals surface area (Å²) < 4.78 is 10.4. The molecular weight excluding hydrogens is 292 g/mol. The molecule has 2 rings (SSSR count). The third kappa shape index (κ3) is 3.21. The zero-order valence-electron chi connectivity index (χ0n) is 14.5. The molecule has 0 aliphatic heterocycles. The Hall–Kier alpha value is -2.36. The molecule has 0 heterocycles. The first kappa shape index (κ1) is 17.0. The van der Waals surface area contributed by atoms with Crippen LogP contribution in [-0.4, -0.2) is 24.4 Å². The molecule has 0 aliphatic rings. The molecule has 0 aliphatic carbocycles. The number of aryl methyl sites for hydroxylation is 1. The molecule has 0 saturated heterocycles. The summed E-state index contributed by atoms with van der Waals surface area (Å²) in [6, 6.07) is 7.35. The van der Waals surface area contributed by atoms with Gasteiger partial charge in [0.05, 0.1) is 14.2 Å². The molecule has 23 heavy (non-hydrogen) atoms. The van der Waals surface area contributed by atoms with E-state index in [0.29, 0.717) is 17.1 Å². The second-order valence-corrected chi connectivity index (χ2v) is 6.67. The standard InChI is InChI=1S/C19H24O4/c1-11-7-13(19(2,3)4)10-14(17(11)20)12-8-15(22-5)18(21)16(9-12)23-6/h7-10,20-21H,1-6H3. The fourth-order valence-electron chi connectivity index (χ4n) is 2.48. The predicted molar refractivity (Wildman–Crippen MR) is 91.7 cm³/mol. The molecular formula is C19H24O4. The Bertz CT molecular complexity index is 702. The fourth-order valence-corrected chi connectivity index (χ4v) is 2.48. The van der Waals surface area contributed by atoms with Crippen LogP contribution in [0.25, 0.3) is 11.1 Å². The molecule has 0 aromatic heterocycles. The molecule has 2 aromatic carbocycles. The highest BCUT2D eigenvalue weighted by molar-refractivity contribution is 5.77. The molecule has 2 aromatic rings. The third-order valence-corrected chi connectivity index (χ3v) is 3.96. The Labute approximate surface area is 137 Å². The van der Waals surface area contributed by atoms with Crippen LogP contribution in [0.2, 0.25) is 0 Å². The molecule has 0 saturated carbocycles. The minimum Gasteiger partial charge on any atom is -0.507 e. The van der Waals surface area contributed by atoms with Gasteiger partial charge in [0, 0.05) is 5.56 Å². The molecule has 4 nitrogen and oxygen atoms in total. The average molecular weight is 316 g/mol. The minimum atomic E-state index is -0.0538. The zero-order chi connectivity index (χ0) is 17.4. The van der Waals surface area contributed by atoms with Gasteiger partial charge >= 0.3 is 0 Å². The molecule has 0 amide bonds. The van der Waals surface area contributed by atoms with Crippen molar-refractivity contribution in [1.82, 2.24) is 0 Å². The van der Waals surface area contributed by atoms with E-state index in [0.717, 1.165) is 16.7 Å². The van der Waals surface area contributed by atoms with Crippen LogP contribution in [-0.2, 0) is 5.41 Å². The summed E-state index contributed by atoms with van der Waals surface area (Å²) in [6.07, 6.45) is 0. The van der Waals surface area contributed by atoms with E-state index in [2.05, 4.69) is 20.8 Å². The van der Waals surface area contributed by atoms with E-state index in [1.165, 1.54) is 14.2 Å². The van der Waals surface area contributed by atoms with Crippen molar-refractivity contribution in [2.24, 2.45) is 0 Å². The normalized spacial score (nSPS) is 11.4. The summed E-state index contributed by atoms with van der Waals surface area (Å²) in [5, 5.41) is 20.5. The number of hydrogen-bond acceptors (Lipinski definition) is 4. The van der Waals surface area contributed by atoms with E-state index >= 15 is 0 Å². The maximum absolute atomic E-state index is 10.5. The number of phenolic OH excluding ortho intramolecular Hbond substituents is 2. The molecule has 0 bridgehead atoms. The zero-order valence-corrected chi connectivity index (χ0v) is 14.5. The number of benzene rings is 2. The van der Waals surface area contributed by atoms with Crippen molar-refractivity contribution in [2.75, 3.05) is 14.2 Å². The van der Waals surface area contributed by atoms with Crippen LogP contribution in [0.1, 0.15) is 31.9 Å². The minimum absolute atomic E-state index is 0.0434. The Kier molecular flexibility index (Phi) is 4.46. The van der Waals surface area contributed by atoms with Gasteiger partial charge in [-0.05, 0) is 47.2 Å². The number of hydrogen-bond donors (Lipinski definition) is 2. The van der Waals surface area contributed by atoms with Gasteiger partial charge in [0.15, 0.2) is 11.5 Å². The van der Waals surface area contributed by atoms with Crippen LogP contribution in [0, 0.1) is 6.92 Å². The van der Waals surface area contributed by atoms with Crippen molar-refractivity contribution < 1.29 is 19.7 Å². The monoisotopic (exact) mass is 316 g/mol. The number of phenols is 2. The Balaban J connectivity index is 2.73. The van der Waals surface area contributed by atoms with Crippen LogP contribution in [0.3, 0.4) is 0 Å². The average Bonchev–Trinajstić information content (AvgIpc) is 2.49. The summed E-state index contributed by atoms with van der Waals surface area (Å²) in [7, 11) is 2.96. The highest BCUT2D eigenvalue weighted by atomic mass is 16.5. The van der Waals surface area contributed by atoms with Crippen molar-refractivity contribution in [1.29, 1.82) is 0 Å². The maximum Gasteiger partial charge on any atom is 0.200 e. The van der Waals surface area contributed by atoms with Crippen LogP contribution < -0.4 is 9.47 Å². The van der Waals surface area contributed by atoms with Gasteiger partial charge in [0.1, 0.15) is 5.75 Å². The van der Waals surface area contributed by atoms with Crippen molar-refractivity contribution in [2.45, 2.75) is 33.1 Å². The molecule has 0 unspecified atom stereocenters. The Morgan fingerprint density at radius 3 is 1.78 bits per heavy atom. The van der Waals surface area contributed by atoms with Crippen LogP contribution >= 0.6 is 0 Å². The SMILES string of the molecule is COc1cc(-c2cc(C(C)(C)C)cc(C)c2O)cc(OC)c1O. The summed E-state index contributed by atoms with van der Waals surface area (Å²) >= 11 is 0. The van der Waals surface area contributed by atoms with E-state index in [9.17, 15) is 10.2 Å². The first-order valence-corrected chi connectivity index (χ1v) is 7.48. The van der Waals surface area contributed by atoms with Gasteiger partial charge in [-0.25, -0.2) is 0 Å². The molecule has 4 heteroatoms. The van der Waals surface area contributed by atoms with Crippen molar-refractivity contribution >= 4 is 0 Å². The molecule has 0 fully saturated rings. The molecule has 0 spiro atoms. The fraction of sp³-hybridized carbons (Fsp3) is 0.368. The molecule has 0 atom stereocenters. The van der Waals surface area contributed by atoms with Gasteiger partial charge in [-0.1, -0.05) is 26.8 Å². The molecule has 2 N–H and O–H groups in total. The first-order chi connectivity index (χ1) is 10.7. The van der Waals surface area contributed by atoms with Gasteiger partial charge in [0.2, 0.25) is 5.75 Å². The lowest BCUT2D eigenvalue weighted by Gasteiger charge is -2.22. The van der Waals surface area contributed by atoms with E-state index in [1.807, 2.05) is 19.1 Å². The van der Waals surface area contributed by atoms with E-state index in [4.69, 9.17) is 9.47 Å². The van der Waals surface area contributed by atoms with Gasteiger partial charge < -0.3 is 19.7 Å². The predicted octanol–water partition coefficient (Wildman–Crippen LogP) is 4.39.